The van der Waals surface area contributed by atoms with Crippen molar-refractivity contribution >= 4 is 11.8 Å². The van der Waals surface area contributed by atoms with Crippen LogP contribution >= 0.6 is 0 Å². The van der Waals surface area contributed by atoms with Crippen molar-refractivity contribution in [3.63, 3.8) is 0 Å². The van der Waals surface area contributed by atoms with Crippen LogP contribution in [0.4, 0.5) is 0 Å². The summed E-state index contributed by atoms with van der Waals surface area (Å²) in [6, 6.07) is 18.4. The van der Waals surface area contributed by atoms with Crippen LogP contribution in [0.15, 0.2) is 85.0 Å². The molecule has 2 amide bonds. The van der Waals surface area contributed by atoms with Crippen LogP contribution < -0.4 is 0 Å². The molecule has 0 aliphatic carbocycles. The van der Waals surface area contributed by atoms with Crippen molar-refractivity contribution in [3.05, 3.63) is 96.1 Å². The van der Waals surface area contributed by atoms with Gasteiger partial charge in [0.15, 0.2) is 0 Å². The Morgan fingerprint density at radius 1 is 0.643 bits per heavy atom. The molecule has 142 valence electrons. The third kappa shape index (κ3) is 3.63. The second-order valence-electron chi connectivity index (χ2n) is 7.14. The highest BCUT2D eigenvalue weighted by Crippen LogP contribution is 2.25. The topological polar surface area (TPSA) is 40.6 Å². The Bertz CT molecular complexity index is 814. The van der Waals surface area contributed by atoms with E-state index in [4.69, 9.17) is 0 Å². The average molecular weight is 372 g/mol. The quantitative estimate of drug-likeness (QED) is 0.766. The van der Waals surface area contributed by atoms with Gasteiger partial charge < -0.3 is 9.80 Å². The molecule has 4 rings (SSSR count). The van der Waals surface area contributed by atoms with Crippen LogP contribution in [0.1, 0.15) is 33.6 Å². The molecule has 0 aromatic heterocycles. The third-order valence-corrected chi connectivity index (χ3v) is 5.37. The molecular weight excluding hydrogens is 348 g/mol. The number of benzene rings is 2. The highest BCUT2D eigenvalue weighted by molar-refractivity contribution is 5.96. The molecule has 4 nitrogen and oxygen atoms in total. The van der Waals surface area contributed by atoms with Crippen LogP contribution in [0, 0.1) is 0 Å². The highest BCUT2D eigenvalue weighted by atomic mass is 16.2. The van der Waals surface area contributed by atoms with Crippen molar-refractivity contribution in [2.75, 3.05) is 13.1 Å². The van der Waals surface area contributed by atoms with Crippen molar-refractivity contribution in [2.45, 2.75) is 24.9 Å². The summed E-state index contributed by atoms with van der Waals surface area (Å²) in [4.78, 5) is 30.1. The van der Waals surface area contributed by atoms with Gasteiger partial charge in [-0.1, -0.05) is 60.7 Å². The summed E-state index contributed by atoms with van der Waals surface area (Å²) in [5.74, 6) is 0.0297. The van der Waals surface area contributed by atoms with E-state index in [1.54, 1.807) is 0 Å². The maximum Gasteiger partial charge on any atom is 0.254 e. The summed E-state index contributed by atoms with van der Waals surface area (Å²) < 4.78 is 0. The van der Waals surface area contributed by atoms with Gasteiger partial charge in [0.05, 0.1) is 12.1 Å². The lowest BCUT2D eigenvalue weighted by molar-refractivity contribution is 0.0515. The summed E-state index contributed by atoms with van der Waals surface area (Å²) >= 11 is 0. The van der Waals surface area contributed by atoms with Gasteiger partial charge in [-0.05, 0) is 37.1 Å². The molecule has 2 aliphatic heterocycles. The van der Waals surface area contributed by atoms with Crippen LogP contribution in [0.3, 0.4) is 0 Å². The minimum Gasteiger partial charge on any atom is -0.329 e. The lowest BCUT2D eigenvalue weighted by Crippen LogP contribution is -2.56. The molecule has 2 aromatic carbocycles. The number of amides is 2. The standard InChI is InChI=1S/C24H24N2O2/c27-23(19-11-3-1-4-12-19)25-17-9-7-15-21(25)22-16-8-10-18-26(22)24(28)20-13-5-2-6-14-20/h1-8,11-16,21-22H,9-10,17-18H2. The molecule has 0 radical (unpaired) electrons. The summed E-state index contributed by atoms with van der Waals surface area (Å²) in [5, 5.41) is 0. The first kappa shape index (κ1) is 18.2. The van der Waals surface area contributed by atoms with E-state index in [2.05, 4.69) is 24.3 Å². The summed E-state index contributed by atoms with van der Waals surface area (Å²) in [6.45, 7) is 1.32. The number of hydrogen-bond acceptors (Lipinski definition) is 2. The van der Waals surface area contributed by atoms with Crippen LogP contribution in [0.25, 0.3) is 0 Å². The molecular formula is C24H24N2O2. The number of carbonyl (C=O) groups excluding carboxylic acids is 2. The summed E-state index contributed by atoms with van der Waals surface area (Å²) in [6.07, 6.45) is 10.1. The van der Waals surface area contributed by atoms with Gasteiger partial charge in [-0.15, -0.1) is 0 Å². The number of rotatable bonds is 3. The lowest BCUT2D eigenvalue weighted by Gasteiger charge is -2.43. The molecule has 4 heteroatoms. The first-order valence-corrected chi connectivity index (χ1v) is 9.81. The van der Waals surface area contributed by atoms with Crippen molar-refractivity contribution in [1.29, 1.82) is 0 Å². The molecule has 28 heavy (non-hydrogen) atoms. The molecule has 2 atom stereocenters. The van der Waals surface area contributed by atoms with Crippen molar-refractivity contribution in [2.24, 2.45) is 0 Å². The van der Waals surface area contributed by atoms with Gasteiger partial charge in [-0.25, -0.2) is 0 Å². The number of hydrogen-bond donors (Lipinski definition) is 0. The maximum atomic E-state index is 13.2. The Morgan fingerprint density at radius 2 is 1.04 bits per heavy atom. The number of carbonyl (C=O) groups is 2. The van der Waals surface area contributed by atoms with Crippen LogP contribution in [-0.2, 0) is 0 Å². The Balaban J connectivity index is 1.63. The predicted molar refractivity (Wildman–Crippen MR) is 110 cm³/mol. The van der Waals surface area contributed by atoms with Crippen LogP contribution in [0.2, 0.25) is 0 Å². The second-order valence-corrected chi connectivity index (χ2v) is 7.14. The Labute approximate surface area is 165 Å². The lowest BCUT2D eigenvalue weighted by atomic mass is 9.95. The second kappa shape index (κ2) is 8.26. The molecule has 0 bridgehead atoms. The summed E-state index contributed by atoms with van der Waals surface area (Å²) in [7, 11) is 0. The maximum absolute atomic E-state index is 13.2. The van der Waals surface area contributed by atoms with Gasteiger partial charge in [0.25, 0.3) is 11.8 Å². The summed E-state index contributed by atoms with van der Waals surface area (Å²) in [5.41, 5.74) is 1.37. The van der Waals surface area contributed by atoms with Crippen molar-refractivity contribution in [1.82, 2.24) is 9.80 Å². The van der Waals surface area contributed by atoms with Crippen molar-refractivity contribution < 1.29 is 9.59 Å². The predicted octanol–water partition coefficient (Wildman–Crippen LogP) is 3.93. The van der Waals surface area contributed by atoms with Gasteiger partial charge in [-0.3, -0.25) is 9.59 Å². The molecule has 2 aromatic rings. The van der Waals surface area contributed by atoms with E-state index in [0.29, 0.717) is 24.2 Å². The van der Waals surface area contributed by atoms with E-state index in [0.717, 1.165) is 12.8 Å². The van der Waals surface area contributed by atoms with Crippen LogP contribution in [-0.4, -0.2) is 46.8 Å². The SMILES string of the molecule is O=C(c1ccccc1)N1CCC=CC1C1C=CCCN1C(=O)c1ccccc1. The zero-order valence-corrected chi connectivity index (χ0v) is 15.8. The van der Waals surface area contributed by atoms with Gasteiger partial charge in [-0.2, -0.15) is 0 Å². The smallest absolute Gasteiger partial charge is 0.254 e. The van der Waals surface area contributed by atoms with E-state index >= 15 is 0 Å². The molecule has 0 N–H and O–H groups in total. The first-order valence-electron chi connectivity index (χ1n) is 9.81. The Hall–Kier alpha value is -3.14. The fourth-order valence-corrected chi connectivity index (χ4v) is 3.97. The molecule has 0 saturated heterocycles. The molecule has 2 unspecified atom stereocenters. The molecule has 0 saturated carbocycles. The molecule has 0 spiro atoms. The van der Waals surface area contributed by atoms with E-state index in [1.165, 1.54) is 0 Å². The monoisotopic (exact) mass is 372 g/mol. The zero-order chi connectivity index (χ0) is 19.3. The van der Waals surface area contributed by atoms with E-state index in [1.807, 2.05) is 70.5 Å². The Morgan fingerprint density at radius 3 is 1.43 bits per heavy atom. The van der Waals surface area contributed by atoms with Crippen LogP contribution in [0.5, 0.6) is 0 Å². The fraction of sp³-hybridized carbons (Fsp3) is 0.250. The minimum atomic E-state index is -0.161. The zero-order valence-electron chi connectivity index (χ0n) is 15.8. The largest absolute Gasteiger partial charge is 0.329 e. The molecule has 0 fully saturated rings. The number of nitrogens with zero attached hydrogens (tertiary/aromatic N) is 2. The van der Waals surface area contributed by atoms with E-state index < -0.39 is 0 Å². The van der Waals surface area contributed by atoms with E-state index in [9.17, 15) is 9.59 Å². The highest BCUT2D eigenvalue weighted by Gasteiger charge is 2.36. The first-order chi connectivity index (χ1) is 13.8. The van der Waals surface area contributed by atoms with Crippen molar-refractivity contribution in [3.8, 4) is 0 Å². The van der Waals surface area contributed by atoms with Gasteiger partial charge >= 0.3 is 0 Å². The van der Waals surface area contributed by atoms with E-state index in [-0.39, 0.29) is 23.9 Å². The average Bonchev–Trinajstić information content (AvgIpc) is 2.79. The van der Waals surface area contributed by atoms with Gasteiger partial charge in [0.2, 0.25) is 0 Å². The normalized spacial score (nSPS) is 21.6. The minimum absolute atomic E-state index is 0.0148. The fourth-order valence-electron chi connectivity index (χ4n) is 3.97. The Kier molecular flexibility index (Phi) is 5.38. The van der Waals surface area contributed by atoms with Gasteiger partial charge in [0.1, 0.15) is 0 Å². The third-order valence-electron chi connectivity index (χ3n) is 5.37. The van der Waals surface area contributed by atoms with Gasteiger partial charge in [0, 0.05) is 24.2 Å². The molecule has 2 aliphatic rings. The molecule has 2 heterocycles.